The van der Waals surface area contributed by atoms with Crippen molar-refractivity contribution in [2.24, 2.45) is 5.73 Å². The topological polar surface area (TPSA) is 39.2 Å². The minimum Gasteiger partial charge on any atom is -0.467 e. The molecule has 0 aliphatic heterocycles. The lowest BCUT2D eigenvalue weighted by Crippen LogP contribution is -2.02. The van der Waals surface area contributed by atoms with Crippen molar-refractivity contribution in [1.29, 1.82) is 0 Å². The molecule has 0 aliphatic carbocycles. The molecule has 1 aromatic rings. The lowest BCUT2D eigenvalue weighted by atomic mass is 10.1. The zero-order valence-electron chi connectivity index (χ0n) is 7.29. The van der Waals surface area contributed by atoms with Gasteiger partial charge >= 0.3 is 0 Å². The lowest BCUT2D eigenvalue weighted by molar-refractivity contribution is 0.478. The van der Waals surface area contributed by atoms with Crippen LogP contribution in [0.3, 0.4) is 0 Å². The highest BCUT2D eigenvalue weighted by atomic mass is 16.3. The highest BCUT2D eigenvalue weighted by Crippen LogP contribution is 2.20. The highest BCUT2D eigenvalue weighted by molar-refractivity contribution is 5.17. The second kappa shape index (κ2) is 3.09. The molecule has 0 saturated carbocycles. The van der Waals surface area contributed by atoms with Gasteiger partial charge in [0.05, 0.1) is 12.3 Å². The van der Waals surface area contributed by atoms with Gasteiger partial charge in [0.2, 0.25) is 0 Å². The van der Waals surface area contributed by atoms with E-state index in [9.17, 15) is 0 Å². The van der Waals surface area contributed by atoms with Crippen LogP contribution in [-0.2, 0) is 0 Å². The van der Waals surface area contributed by atoms with E-state index in [1.807, 2.05) is 13.0 Å². The van der Waals surface area contributed by atoms with Crippen molar-refractivity contribution in [3.05, 3.63) is 23.7 Å². The van der Waals surface area contributed by atoms with E-state index in [1.54, 1.807) is 6.26 Å². The quantitative estimate of drug-likeness (QED) is 0.708. The van der Waals surface area contributed by atoms with E-state index in [0.717, 1.165) is 5.76 Å². The van der Waals surface area contributed by atoms with Crippen LogP contribution in [0.4, 0.5) is 0 Å². The van der Waals surface area contributed by atoms with Crippen LogP contribution in [-0.4, -0.2) is 0 Å². The highest BCUT2D eigenvalue weighted by Gasteiger charge is 2.07. The molecular formula is C9H15NO. The van der Waals surface area contributed by atoms with Gasteiger partial charge in [0.25, 0.3) is 0 Å². The van der Waals surface area contributed by atoms with Crippen LogP contribution in [0.1, 0.15) is 44.1 Å². The Kier molecular flexibility index (Phi) is 2.35. The molecule has 0 aliphatic rings. The maximum absolute atomic E-state index is 5.63. The van der Waals surface area contributed by atoms with Gasteiger partial charge in [-0.2, -0.15) is 0 Å². The molecule has 0 saturated heterocycles. The van der Waals surface area contributed by atoms with Crippen molar-refractivity contribution in [2.75, 3.05) is 0 Å². The fourth-order valence-corrected chi connectivity index (χ4v) is 0.910. The standard InChI is InChI=1S/C9H15NO/c1-6(2)8-4-9(7(3)10)11-5-8/h4-7H,10H2,1-3H3. The summed E-state index contributed by atoms with van der Waals surface area (Å²) >= 11 is 0. The molecule has 1 atom stereocenters. The summed E-state index contributed by atoms with van der Waals surface area (Å²) in [7, 11) is 0. The molecule has 1 heterocycles. The molecule has 1 rings (SSSR count). The summed E-state index contributed by atoms with van der Waals surface area (Å²) in [6, 6.07) is 2.03. The van der Waals surface area contributed by atoms with Gasteiger partial charge in [0.1, 0.15) is 5.76 Å². The largest absolute Gasteiger partial charge is 0.467 e. The van der Waals surface area contributed by atoms with Gasteiger partial charge in [-0.15, -0.1) is 0 Å². The van der Waals surface area contributed by atoms with E-state index in [2.05, 4.69) is 13.8 Å². The number of hydrogen-bond acceptors (Lipinski definition) is 2. The molecule has 0 fully saturated rings. The third-order valence-electron chi connectivity index (χ3n) is 1.76. The summed E-state index contributed by atoms with van der Waals surface area (Å²) in [5.74, 6) is 1.39. The number of furan rings is 1. The summed E-state index contributed by atoms with van der Waals surface area (Å²) in [6.07, 6.45) is 1.78. The normalized spacial score (nSPS) is 13.9. The summed E-state index contributed by atoms with van der Waals surface area (Å²) in [5.41, 5.74) is 6.85. The van der Waals surface area contributed by atoms with Gasteiger partial charge in [0, 0.05) is 0 Å². The van der Waals surface area contributed by atoms with Crippen LogP contribution >= 0.6 is 0 Å². The fourth-order valence-electron chi connectivity index (χ4n) is 0.910. The molecule has 2 heteroatoms. The van der Waals surface area contributed by atoms with Crippen molar-refractivity contribution in [2.45, 2.75) is 32.7 Å². The molecule has 2 nitrogen and oxygen atoms in total. The van der Waals surface area contributed by atoms with Gasteiger partial charge < -0.3 is 10.2 Å². The Morgan fingerprint density at radius 2 is 2.00 bits per heavy atom. The zero-order valence-corrected chi connectivity index (χ0v) is 7.29. The lowest BCUT2D eigenvalue weighted by Gasteiger charge is -1.98. The van der Waals surface area contributed by atoms with E-state index < -0.39 is 0 Å². The first kappa shape index (κ1) is 8.34. The molecule has 0 radical (unpaired) electrons. The van der Waals surface area contributed by atoms with Crippen molar-refractivity contribution < 1.29 is 4.42 Å². The van der Waals surface area contributed by atoms with Gasteiger partial charge in [-0.25, -0.2) is 0 Å². The Bertz CT molecular complexity index is 203. The first-order valence-electron chi connectivity index (χ1n) is 3.95. The molecule has 0 aromatic carbocycles. The Labute approximate surface area is 67.4 Å². The Balaban J connectivity index is 2.82. The number of rotatable bonds is 2. The fraction of sp³-hybridized carbons (Fsp3) is 0.556. The van der Waals surface area contributed by atoms with Crippen LogP contribution in [0.15, 0.2) is 16.7 Å². The molecule has 0 bridgehead atoms. The van der Waals surface area contributed by atoms with E-state index in [4.69, 9.17) is 10.2 Å². The predicted molar refractivity (Wildman–Crippen MR) is 45.4 cm³/mol. The minimum atomic E-state index is 0.00231. The molecule has 1 aromatic heterocycles. The summed E-state index contributed by atoms with van der Waals surface area (Å²) < 4.78 is 5.26. The molecule has 0 amide bonds. The van der Waals surface area contributed by atoms with Crippen LogP contribution in [0.2, 0.25) is 0 Å². The average Bonchev–Trinajstić information content (AvgIpc) is 2.33. The third-order valence-corrected chi connectivity index (χ3v) is 1.76. The number of nitrogens with two attached hydrogens (primary N) is 1. The van der Waals surface area contributed by atoms with E-state index in [-0.39, 0.29) is 6.04 Å². The SMILES string of the molecule is CC(C)c1coc(C(C)N)c1. The Morgan fingerprint density at radius 3 is 2.27 bits per heavy atom. The number of hydrogen-bond donors (Lipinski definition) is 1. The van der Waals surface area contributed by atoms with Crippen molar-refractivity contribution in [3.8, 4) is 0 Å². The van der Waals surface area contributed by atoms with Crippen molar-refractivity contribution >= 4 is 0 Å². The first-order chi connectivity index (χ1) is 5.11. The summed E-state index contributed by atoms with van der Waals surface area (Å²) in [5, 5.41) is 0. The molecule has 0 spiro atoms. The average molecular weight is 153 g/mol. The van der Waals surface area contributed by atoms with Crippen LogP contribution in [0.25, 0.3) is 0 Å². The van der Waals surface area contributed by atoms with E-state index in [1.165, 1.54) is 5.56 Å². The van der Waals surface area contributed by atoms with Crippen LogP contribution in [0, 0.1) is 0 Å². The monoisotopic (exact) mass is 153 g/mol. The van der Waals surface area contributed by atoms with Crippen LogP contribution in [0.5, 0.6) is 0 Å². The third kappa shape index (κ3) is 1.84. The Hall–Kier alpha value is -0.760. The minimum absolute atomic E-state index is 0.00231. The molecular weight excluding hydrogens is 138 g/mol. The van der Waals surface area contributed by atoms with Crippen molar-refractivity contribution in [3.63, 3.8) is 0 Å². The molecule has 1 unspecified atom stereocenters. The second-order valence-corrected chi connectivity index (χ2v) is 3.23. The van der Waals surface area contributed by atoms with E-state index >= 15 is 0 Å². The predicted octanol–water partition coefficient (Wildman–Crippen LogP) is 2.42. The van der Waals surface area contributed by atoms with Gasteiger partial charge in [-0.05, 0) is 24.5 Å². The Morgan fingerprint density at radius 1 is 1.36 bits per heavy atom. The van der Waals surface area contributed by atoms with Gasteiger partial charge in [-0.1, -0.05) is 13.8 Å². The smallest absolute Gasteiger partial charge is 0.120 e. The summed E-state index contributed by atoms with van der Waals surface area (Å²) in [6.45, 7) is 6.19. The molecule has 2 N–H and O–H groups in total. The summed E-state index contributed by atoms with van der Waals surface area (Å²) in [4.78, 5) is 0. The zero-order chi connectivity index (χ0) is 8.43. The molecule has 11 heavy (non-hydrogen) atoms. The van der Waals surface area contributed by atoms with E-state index in [0.29, 0.717) is 5.92 Å². The molecule has 62 valence electrons. The van der Waals surface area contributed by atoms with Gasteiger partial charge in [-0.3, -0.25) is 0 Å². The second-order valence-electron chi connectivity index (χ2n) is 3.23. The maximum atomic E-state index is 5.63. The maximum Gasteiger partial charge on any atom is 0.120 e. The van der Waals surface area contributed by atoms with Crippen molar-refractivity contribution in [1.82, 2.24) is 0 Å². The van der Waals surface area contributed by atoms with Gasteiger partial charge in [0.15, 0.2) is 0 Å². The van der Waals surface area contributed by atoms with Crippen LogP contribution < -0.4 is 5.73 Å². The first-order valence-corrected chi connectivity index (χ1v) is 3.95.